The Bertz CT molecular complexity index is 486. The molecule has 1 heterocycles. The Labute approximate surface area is 103 Å². The van der Waals surface area contributed by atoms with E-state index in [2.05, 4.69) is 9.73 Å². The molecule has 0 unspecified atom stereocenters. The van der Waals surface area contributed by atoms with E-state index in [4.69, 9.17) is 17.0 Å². The molecule has 0 aromatic carbocycles. The molecule has 0 fully saturated rings. The van der Waals surface area contributed by atoms with Gasteiger partial charge in [0.15, 0.2) is 0 Å². The van der Waals surface area contributed by atoms with E-state index in [1.165, 1.54) is 0 Å². The average Bonchev–Trinajstić information content (AvgIpc) is 2.13. The molecule has 0 aromatic heterocycles. The van der Waals surface area contributed by atoms with Crippen molar-refractivity contribution in [2.45, 2.75) is 19.9 Å². The molecule has 1 rings (SSSR count). The van der Waals surface area contributed by atoms with Crippen LogP contribution in [0.3, 0.4) is 0 Å². The fourth-order valence-electron chi connectivity index (χ4n) is 1.22. The summed E-state index contributed by atoms with van der Waals surface area (Å²) < 4.78 is 29.2. The smallest absolute Gasteiger partial charge is 0.432 e. The van der Waals surface area contributed by atoms with Crippen LogP contribution in [0.2, 0.25) is 0 Å². The number of aliphatic imine (C=N–C) groups is 1. The molecule has 0 radical (unpaired) electrons. The Kier molecular flexibility index (Phi) is 3.62. The van der Waals surface area contributed by atoms with E-state index in [0.717, 1.165) is 11.4 Å². The van der Waals surface area contributed by atoms with Crippen LogP contribution >= 0.6 is 11.6 Å². The standard InChI is InChI=1S/C7H11ClN4O4S/c1-4(2)11-5(8)10-6(9)12(7(13)16-3)17(11,14)15/h4,9H,1-3H3. The van der Waals surface area contributed by atoms with Gasteiger partial charge in [0.1, 0.15) is 0 Å². The molecule has 0 aromatic rings. The van der Waals surface area contributed by atoms with Crippen molar-refractivity contribution in [2.75, 3.05) is 7.11 Å². The third-order valence-electron chi connectivity index (χ3n) is 1.86. The van der Waals surface area contributed by atoms with Gasteiger partial charge in [0.05, 0.1) is 7.11 Å². The van der Waals surface area contributed by atoms with Crippen molar-refractivity contribution >= 4 is 39.2 Å². The minimum absolute atomic E-state index is 0.138. The van der Waals surface area contributed by atoms with Crippen molar-refractivity contribution in [1.82, 2.24) is 8.61 Å². The van der Waals surface area contributed by atoms with Gasteiger partial charge >= 0.3 is 16.3 Å². The number of hydrogen-bond acceptors (Lipinski definition) is 5. The second-order valence-corrected chi connectivity index (χ2v) is 5.33. The van der Waals surface area contributed by atoms with E-state index in [9.17, 15) is 13.2 Å². The van der Waals surface area contributed by atoms with Crippen molar-refractivity contribution in [1.29, 1.82) is 5.41 Å². The third kappa shape index (κ3) is 2.20. The van der Waals surface area contributed by atoms with Crippen LogP contribution in [0.5, 0.6) is 0 Å². The summed E-state index contributed by atoms with van der Waals surface area (Å²) in [6.45, 7) is 3.11. The van der Waals surface area contributed by atoms with Crippen molar-refractivity contribution in [3.63, 3.8) is 0 Å². The summed E-state index contributed by atoms with van der Waals surface area (Å²) in [5.41, 5.74) is 0. The molecule has 1 amide bonds. The number of methoxy groups -OCH3 is 1. The van der Waals surface area contributed by atoms with E-state index in [1.54, 1.807) is 13.8 Å². The lowest BCUT2D eigenvalue weighted by molar-refractivity contribution is 0.160. The Morgan fingerprint density at radius 2 is 2.06 bits per heavy atom. The summed E-state index contributed by atoms with van der Waals surface area (Å²) in [7, 11) is -3.26. The fraction of sp³-hybridized carbons (Fsp3) is 0.571. The molecule has 0 bridgehead atoms. The maximum absolute atomic E-state index is 12.0. The van der Waals surface area contributed by atoms with Gasteiger partial charge in [-0.15, -0.1) is 4.31 Å². The van der Waals surface area contributed by atoms with Crippen molar-refractivity contribution in [2.24, 2.45) is 4.99 Å². The highest BCUT2D eigenvalue weighted by Gasteiger charge is 2.44. The Morgan fingerprint density at radius 1 is 1.53 bits per heavy atom. The number of ether oxygens (including phenoxy) is 1. The lowest BCUT2D eigenvalue weighted by Crippen LogP contribution is -2.55. The largest absolute Gasteiger partial charge is 0.452 e. The molecule has 0 aliphatic carbocycles. The first-order valence-electron chi connectivity index (χ1n) is 4.48. The molecule has 0 spiro atoms. The molecule has 17 heavy (non-hydrogen) atoms. The zero-order chi connectivity index (χ0) is 13.4. The molecule has 8 nitrogen and oxygen atoms in total. The van der Waals surface area contributed by atoms with Gasteiger partial charge in [-0.1, -0.05) is 0 Å². The number of guanidine groups is 1. The Balaban J connectivity index is 3.38. The van der Waals surface area contributed by atoms with Gasteiger partial charge in [0, 0.05) is 6.04 Å². The van der Waals surface area contributed by atoms with Gasteiger partial charge in [0.25, 0.3) is 0 Å². The number of carbonyl (C=O) groups excluding carboxylic acids is 1. The maximum Gasteiger partial charge on any atom is 0.432 e. The minimum atomic E-state index is -4.27. The van der Waals surface area contributed by atoms with Crippen LogP contribution in [0.1, 0.15) is 13.8 Å². The van der Waals surface area contributed by atoms with E-state index in [-0.39, 0.29) is 9.60 Å². The topological polar surface area (TPSA) is 103 Å². The van der Waals surface area contributed by atoms with Crippen LogP contribution in [0.4, 0.5) is 4.79 Å². The van der Waals surface area contributed by atoms with Gasteiger partial charge in [0.2, 0.25) is 11.3 Å². The zero-order valence-corrected chi connectivity index (χ0v) is 10.9. The van der Waals surface area contributed by atoms with Crippen LogP contribution < -0.4 is 0 Å². The van der Waals surface area contributed by atoms with Crippen LogP contribution in [0.25, 0.3) is 0 Å². The summed E-state index contributed by atoms with van der Waals surface area (Å²) in [6.07, 6.45) is -1.21. The third-order valence-corrected chi connectivity index (χ3v) is 4.10. The normalized spacial score (nSPS) is 19.4. The fourth-order valence-corrected chi connectivity index (χ4v) is 3.22. The molecule has 0 atom stereocenters. The first-order chi connectivity index (χ1) is 7.73. The van der Waals surface area contributed by atoms with Gasteiger partial charge in [-0.2, -0.15) is 13.4 Å². The van der Waals surface area contributed by atoms with E-state index >= 15 is 0 Å². The maximum atomic E-state index is 12.0. The highest BCUT2D eigenvalue weighted by Crippen LogP contribution is 2.21. The quantitative estimate of drug-likeness (QED) is 0.709. The van der Waals surface area contributed by atoms with Crippen molar-refractivity contribution in [3.8, 4) is 0 Å². The molecule has 0 saturated carbocycles. The average molecular weight is 283 g/mol. The molecule has 96 valence electrons. The lowest BCUT2D eigenvalue weighted by Gasteiger charge is -2.33. The van der Waals surface area contributed by atoms with Crippen LogP contribution in [0, 0.1) is 5.41 Å². The summed E-state index contributed by atoms with van der Waals surface area (Å²) in [6, 6.07) is -0.545. The predicted octanol–water partition coefficient (Wildman–Crippen LogP) is 0.553. The van der Waals surface area contributed by atoms with E-state index in [1.807, 2.05) is 0 Å². The Morgan fingerprint density at radius 3 is 2.47 bits per heavy atom. The number of halogens is 1. The predicted molar refractivity (Wildman–Crippen MR) is 61.2 cm³/mol. The molecule has 1 aliphatic rings. The molecule has 0 saturated heterocycles. The monoisotopic (exact) mass is 282 g/mol. The summed E-state index contributed by atoms with van der Waals surface area (Å²) in [4.78, 5) is 14.8. The highest BCUT2D eigenvalue weighted by molar-refractivity contribution is 7.88. The van der Waals surface area contributed by atoms with Gasteiger partial charge in [-0.3, -0.25) is 5.41 Å². The van der Waals surface area contributed by atoms with Crippen LogP contribution in [-0.4, -0.2) is 47.5 Å². The molecular formula is C7H11ClN4O4S. The minimum Gasteiger partial charge on any atom is -0.452 e. The Hall–Kier alpha value is -1.35. The number of nitrogens with zero attached hydrogens (tertiary/aromatic N) is 3. The number of amidine groups is 1. The SMILES string of the molecule is COC(=O)N1C(=N)N=C(Cl)N(C(C)C)S1(=O)=O. The second-order valence-electron chi connectivity index (χ2n) is 3.34. The number of carbonyl (C=O) groups is 1. The highest BCUT2D eigenvalue weighted by atomic mass is 35.5. The van der Waals surface area contributed by atoms with Crippen molar-refractivity contribution in [3.05, 3.63) is 0 Å². The van der Waals surface area contributed by atoms with E-state index < -0.39 is 28.3 Å². The second kappa shape index (κ2) is 4.49. The van der Waals surface area contributed by atoms with E-state index in [0.29, 0.717) is 0 Å². The zero-order valence-electron chi connectivity index (χ0n) is 9.34. The summed E-state index contributed by atoms with van der Waals surface area (Å²) >= 11 is 5.65. The number of hydrogen-bond donors (Lipinski definition) is 1. The van der Waals surface area contributed by atoms with Crippen LogP contribution in [-0.2, 0) is 14.9 Å². The van der Waals surface area contributed by atoms with Gasteiger partial charge in [-0.05, 0) is 25.4 Å². The molecule has 1 aliphatic heterocycles. The van der Waals surface area contributed by atoms with Crippen LogP contribution in [0.15, 0.2) is 4.99 Å². The summed E-state index contributed by atoms with van der Waals surface area (Å²) in [5, 5.41) is 6.96. The van der Waals surface area contributed by atoms with Gasteiger partial charge in [-0.25, -0.2) is 9.10 Å². The first-order valence-corrected chi connectivity index (χ1v) is 6.26. The van der Waals surface area contributed by atoms with Crippen molar-refractivity contribution < 1.29 is 17.9 Å². The number of nitrogens with one attached hydrogen (secondary N) is 1. The number of amides is 1. The lowest BCUT2D eigenvalue weighted by atomic mass is 10.4. The van der Waals surface area contributed by atoms with Gasteiger partial charge < -0.3 is 4.74 Å². The molecular weight excluding hydrogens is 272 g/mol. The molecule has 1 N–H and O–H groups in total. The number of rotatable bonds is 1. The molecule has 10 heteroatoms. The summed E-state index contributed by atoms with van der Waals surface area (Å²) in [5.74, 6) is -0.807. The first kappa shape index (κ1) is 13.7.